The highest BCUT2D eigenvalue weighted by Crippen LogP contribution is 2.37. The van der Waals surface area contributed by atoms with Gasteiger partial charge in [-0.15, -0.1) is 5.10 Å². The second-order valence-electron chi connectivity index (χ2n) is 6.64. The van der Waals surface area contributed by atoms with Crippen molar-refractivity contribution >= 4 is 23.5 Å². The Labute approximate surface area is 175 Å². The first kappa shape index (κ1) is 18.9. The zero-order valence-corrected chi connectivity index (χ0v) is 16.4. The minimum atomic E-state index is -0.553. The van der Waals surface area contributed by atoms with Crippen LogP contribution in [0.25, 0.3) is 0 Å². The summed E-state index contributed by atoms with van der Waals surface area (Å²) < 4.78 is 19.0. The van der Waals surface area contributed by atoms with Gasteiger partial charge in [-0.25, -0.2) is 19.4 Å². The summed E-state index contributed by atoms with van der Waals surface area (Å²) in [5.74, 6) is 0. The lowest BCUT2D eigenvalue weighted by Gasteiger charge is -2.17. The molecule has 2 fully saturated rings. The van der Waals surface area contributed by atoms with E-state index in [0.29, 0.717) is 22.6 Å². The summed E-state index contributed by atoms with van der Waals surface area (Å²) in [4.78, 5) is 20.6. The second kappa shape index (κ2) is 8.34. The van der Waals surface area contributed by atoms with Gasteiger partial charge in [-0.3, -0.25) is 5.32 Å². The predicted octanol–water partition coefficient (Wildman–Crippen LogP) is 1.57. The topological polar surface area (TPSA) is 126 Å². The SMILES string of the molecule is O=C(Nc1ccccc1)OC1COC2C1OCC2n1nnnc1Sc1ncccn1. The number of amides is 1. The fourth-order valence-corrected chi connectivity index (χ4v) is 4.17. The molecule has 0 aliphatic carbocycles. The van der Waals surface area contributed by atoms with E-state index in [4.69, 9.17) is 14.2 Å². The third-order valence-electron chi connectivity index (χ3n) is 4.76. The van der Waals surface area contributed by atoms with Crippen molar-refractivity contribution in [1.82, 2.24) is 30.2 Å². The van der Waals surface area contributed by atoms with Crippen LogP contribution in [0.15, 0.2) is 59.1 Å². The molecule has 0 saturated carbocycles. The van der Waals surface area contributed by atoms with Crippen LogP contribution in [0.1, 0.15) is 6.04 Å². The summed E-state index contributed by atoms with van der Waals surface area (Å²) in [6.07, 6.45) is 1.50. The number of ether oxygens (including phenoxy) is 3. The van der Waals surface area contributed by atoms with Crippen LogP contribution >= 0.6 is 11.8 Å². The van der Waals surface area contributed by atoms with E-state index < -0.39 is 18.3 Å². The van der Waals surface area contributed by atoms with Crippen molar-refractivity contribution in [2.24, 2.45) is 0 Å². The van der Waals surface area contributed by atoms with Crippen molar-refractivity contribution in [1.29, 1.82) is 0 Å². The molecule has 154 valence electrons. The van der Waals surface area contributed by atoms with Gasteiger partial charge in [0.05, 0.1) is 13.2 Å². The first-order valence-electron chi connectivity index (χ1n) is 9.26. The van der Waals surface area contributed by atoms with Gasteiger partial charge in [0.15, 0.2) is 11.3 Å². The largest absolute Gasteiger partial charge is 0.441 e. The van der Waals surface area contributed by atoms with E-state index in [1.54, 1.807) is 35.3 Å². The number of nitrogens with zero attached hydrogens (tertiary/aromatic N) is 6. The molecule has 4 atom stereocenters. The molecule has 4 unspecified atom stereocenters. The molecule has 12 heteroatoms. The fourth-order valence-electron chi connectivity index (χ4n) is 3.44. The number of anilines is 1. The number of nitrogens with one attached hydrogen (secondary N) is 1. The lowest BCUT2D eigenvalue weighted by Crippen LogP contribution is -2.35. The number of tetrazole rings is 1. The summed E-state index contributed by atoms with van der Waals surface area (Å²) in [6, 6.07) is 10.6. The number of aromatic nitrogens is 6. The molecule has 2 aliphatic heterocycles. The van der Waals surface area contributed by atoms with E-state index in [-0.39, 0.29) is 18.8 Å². The molecule has 2 saturated heterocycles. The molecule has 1 aromatic carbocycles. The molecule has 0 spiro atoms. The van der Waals surface area contributed by atoms with Gasteiger partial charge in [-0.1, -0.05) is 18.2 Å². The van der Waals surface area contributed by atoms with Crippen molar-refractivity contribution in [2.45, 2.75) is 34.7 Å². The average Bonchev–Trinajstić information content (AvgIpc) is 3.47. The van der Waals surface area contributed by atoms with Crippen LogP contribution in [0.2, 0.25) is 0 Å². The van der Waals surface area contributed by atoms with Crippen LogP contribution in [0, 0.1) is 0 Å². The quantitative estimate of drug-likeness (QED) is 0.600. The van der Waals surface area contributed by atoms with Crippen molar-refractivity contribution in [3.63, 3.8) is 0 Å². The Morgan fingerprint density at radius 1 is 1.10 bits per heavy atom. The van der Waals surface area contributed by atoms with Crippen molar-refractivity contribution in [3.05, 3.63) is 48.8 Å². The van der Waals surface area contributed by atoms with E-state index in [2.05, 4.69) is 30.8 Å². The van der Waals surface area contributed by atoms with E-state index in [9.17, 15) is 4.79 Å². The zero-order chi connectivity index (χ0) is 20.3. The number of benzene rings is 1. The highest BCUT2D eigenvalue weighted by molar-refractivity contribution is 7.99. The number of carbonyl (C=O) groups excluding carboxylic acids is 1. The second-order valence-corrected chi connectivity index (χ2v) is 7.57. The van der Waals surface area contributed by atoms with Crippen molar-refractivity contribution in [2.75, 3.05) is 18.5 Å². The molecule has 1 N–H and O–H groups in total. The van der Waals surface area contributed by atoms with Crippen LogP contribution in [0.3, 0.4) is 0 Å². The van der Waals surface area contributed by atoms with Gasteiger partial charge in [0.2, 0.25) is 5.16 Å². The van der Waals surface area contributed by atoms with Crippen LogP contribution in [0.4, 0.5) is 10.5 Å². The molecule has 1 amide bonds. The Bertz CT molecular complexity index is 1010. The molecule has 3 aromatic rings. The van der Waals surface area contributed by atoms with E-state index in [1.165, 1.54) is 11.8 Å². The first-order chi connectivity index (χ1) is 14.8. The lowest BCUT2D eigenvalue weighted by molar-refractivity contribution is 0.00751. The molecule has 2 aliphatic rings. The Morgan fingerprint density at radius 2 is 1.90 bits per heavy atom. The highest BCUT2D eigenvalue weighted by atomic mass is 32.2. The number of carbonyl (C=O) groups is 1. The first-order valence-corrected chi connectivity index (χ1v) is 10.1. The highest BCUT2D eigenvalue weighted by Gasteiger charge is 2.51. The third kappa shape index (κ3) is 3.84. The maximum absolute atomic E-state index is 12.2. The molecule has 30 heavy (non-hydrogen) atoms. The van der Waals surface area contributed by atoms with Crippen LogP contribution in [-0.4, -0.2) is 67.8 Å². The van der Waals surface area contributed by atoms with Gasteiger partial charge < -0.3 is 14.2 Å². The van der Waals surface area contributed by atoms with Crippen molar-refractivity contribution in [3.8, 4) is 0 Å². The summed E-state index contributed by atoms with van der Waals surface area (Å²) in [5.41, 5.74) is 0.654. The monoisotopic (exact) mass is 427 g/mol. The van der Waals surface area contributed by atoms with Gasteiger partial charge in [-0.2, -0.15) is 0 Å². The van der Waals surface area contributed by atoms with Crippen LogP contribution in [-0.2, 0) is 14.2 Å². The van der Waals surface area contributed by atoms with Gasteiger partial charge in [0, 0.05) is 18.1 Å². The van der Waals surface area contributed by atoms with Gasteiger partial charge in [-0.05, 0) is 40.4 Å². The zero-order valence-electron chi connectivity index (χ0n) is 15.6. The minimum absolute atomic E-state index is 0.237. The predicted molar refractivity (Wildman–Crippen MR) is 103 cm³/mol. The number of rotatable bonds is 5. The van der Waals surface area contributed by atoms with E-state index in [0.717, 1.165) is 0 Å². The third-order valence-corrected chi connectivity index (χ3v) is 5.61. The molecule has 5 rings (SSSR count). The minimum Gasteiger partial charge on any atom is -0.441 e. The Balaban J connectivity index is 1.24. The molecule has 11 nitrogen and oxygen atoms in total. The summed E-state index contributed by atoms with van der Waals surface area (Å²) in [6.45, 7) is 0.574. The number of hydrogen-bond donors (Lipinski definition) is 1. The number of hydrogen-bond acceptors (Lipinski definition) is 10. The van der Waals surface area contributed by atoms with Crippen LogP contribution in [0.5, 0.6) is 0 Å². The summed E-state index contributed by atoms with van der Waals surface area (Å²) in [7, 11) is 0. The average molecular weight is 427 g/mol. The van der Waals surface area contributed by atoms with Gasteiger partial charge in [0.1, 0.15) is 18.2 Å². The standard InChI is InChI=1S/C18H17N7O4S/c26-18(21-11-5-2-1-3-6-11)29-13-10-28-14-12(9-27-15(13)14)25-17(22-23-24-25)30-16-19-7-4-8-20-16/h1-8,12-15H,9-10H2,(H,21,26). The van der Waals surface area contributed by atoms with Crippen LogP contribution < -0.4 is 5.32 Å². The summed E-state index contributed by atoms with van der Waals surface area (Å²) in [5, 5.41) is 15.7. The maximum atomic E-state index is 12.2. The Hall–Kier alpha value is -3.09. The maximum Gasteiger partial charge on any atom is 0.412 e. The van der Waals surface area contributed by atoms with Gasteiger partial charge in [0.25, 0.3) is 0 Å². The smallest absolute Gasteiger partial charge is 0.412 e. The summed E-state index contributed by atoms with van der Waals surface area (Å²) >= 11 is 1.25. The Morgan fingerprint density at radius 3 is 2.73 bits per heavy atom. The lowest BCUT2D eigenvalue weighted by atomic mass is 10.1. The Kier molecular flexibility index (Phi) is 5.26. The van der Waals surface area contributed by atoms with Gasteiger partial charge >= 0.3 is 6.09 Å². The molecule has 0 radical (unpaired) electrons. The van der Waals surface area contributed by atoms with E-state index in [1.807, 2.05) is 18.2 Å². The molecule has 4 heterocycles. The normalized spacial score (nSPS) is 25.1. The molecular formula is C18H17N7O4S. The molecule has 2 aromatic heterocycles. The molecular weight excluding hydrogens is 410 g/mol. The van der Waals surface area contributed by atoms with E-state index >= 15 is 0 Å². The fraction of sp³-hybridized carbons (Fsp3) is 0.333. The number of para-hydroxylation sites is 1. The molecule has 0 bridgehead atoms. The van der Waals surface area contributed by atoms with Crippen molar-refractivity contribution < 1.29 is 19.0 Å². The number of fused-ring (bicyclic) bond motifs is 1.